The zero-order valence-electron chi connectivity index (χ0n) is 15.3. The van der Waals surface area contributed by atoms with Crippen LogP contribution in [-0.4, -0.2) is 52.1 Å². The first kappa shape index (κ1) is 16.8. The highest BCUT2D eigenvalue weighted by atomic mass is 32.1. The van der Waals surface area contributed by atoms with Crippen molar-refractivity contribution in [1.82, 2.24) is 19.9 Å². The first-order valence-electron chi connectivity index (χ1n) is 9.67. The molecule has 0 saturated carbocycles. The van der Waals surface area contributed by atoms with E-state index in [0.717, 1.165) is 42.4 Å². The summed E-state index contributed by atoms with van der Waals surface area (Å²) >= 11 is 1.70. The van der Waals surface area contributed by atoms with Crippen LogP contribution in [0.1, 0.15) is 19.3 Å². The lowest BCUT2D eigenvalue weighted by atomic mass is 9.99. The Morgan fingerprint density at radius 1 is 1.04 bits per heavy atom. The lowest BCUT2D eigenvalue weighted by Crippen LogP contribution is -2.55. The minimum Gasteiger partial charge on any atom is -0.338 e. The van der Waals surface area contributed by atoms with Crippen LogP contribution >= 0.6 is 11.3 Å². The van der Waals surface area contributed by atoms with Crippen LogP contribution in [-0.2, 0) is 0 Å². The van der Waals surface area contributed by atoms with Crippen LogP contribution in [0.4, 0.5) is 5.95 Å². The maximum absolute atomic E-state index is 5.02. The molecule has 0 bridgehead atoms. The molecule has 0 aliphatic carbocycles. The Labute approximate surface area is 163 Å². The molecule has 3 aromatic heterocycles. The van der Waals surface area contributed by atoms with Crippen molar-refractivity contribution < 1.29 is 0 Å². The lowest BCUT2D eigenvalue weighted by molar-refractivity contribution is 0.133. The van der Waals surface area contributed by atoms with Crippen LogP contribution < -0.4 is 4.90 Å². The van der Waals surface area contributed by atoms with Gasteiger partial charge in [0.05, 0.1) is 5.69 Å². The highest BCUT2D eigenvalue weighted by Crippen LogP contribution is 2.33. The maximum Gasteiger partial charge on any atom is 0.225 e. The largest absolute Gasteiger partial charge is 0.338 e. The van der Waals surface area contributed by atoms with Gasteiger partial charge in [-0.3, -0.25) is 9.88 Å². The van der Waals surface area contributed by atoms with Crippen LogP contribution in [0.3, 0.4) is 0 Å². The molecule has 138 valence electrons. The van der Waals surface area contributed by atoms with Gasteiger partial charge in [0.2, 0.25) is 5.95 Å². The SMILES string of the molecule is c1cncc(-c2nc(N3CCN4CCCCC4C3)ncc2-c2ccsc2)c1. The number of piperidine rings is 1. The highest BCUT2D eigenvalue weighted by molar-refractivity contribution is 7.08. The molecule has 5 rings (SSSR count). The molecule has 5 heterocycles. The van der Waals surface area contributed by atoms with Gasteiger partial charge in [-0.15, -0.1) is 0 Å². The number of pyridine rings is 1. The average molecular weight is 378 g/mol. The molecule has 1 atom stereocenters. The Bertz CT molecular complexity index is 896. The second kappa shape index (κ2) is 7.37. The number of nitrogens with zero attached hydrogens (tertiary/aromatic N) is 5. The number of piperazine rings is 1. The molecule has 1 unspecified atom stereocenters. The van der Waals surface area contributed by atoms with Gasteiger partial charge in [0.25, 0.3) is 0 Å². The molecule has 2 saturated heterocycles. The number of rotatable bonds is 3. The van der Waals surface area contributed by atoms with Crippen molar-refractivity contribution in [3.05, 3.63) is 47.5 Å². The standard InChI is InChI=1S/C21H23N5S/c1-2-8-25-9-10-26(14-18(25)5-1)21-23-13-19(17-6-11-27-15-17)20(24-21)16-4-3-7-22-12-16/h3-4,6-7,11-13,15,18H,1-2,5,8-10,14H2. The first-order chi connectivity index (χ1) is 13.4. The molecule has 0 spiro atoms. The molecule has 6 heteroatoms. The molecule has 27 heavy (non-hydrogen) atoms. The van der Waals surface area contributed by atoms with E-state index < -0.39 is 0 Å². The van der Waals surface area contributed by atoms with E-state index in [1.807, 2.05) is 18.5 Å². The third kappa shape index (κ3) is 3.35. The molecular weight excluding hydrogens is 354 g/mol. The van der Waals surface area contributed by atoms with Gasteiger partial charge in [0.15, 0.2) is 0 Å². The van der Waals surface area contributed by atoms with Crippen molar-refractivity contribution >= 4 is 17.3 Å². The molecule has 0 amide bonds. The van der Waals surface area contributed by atoms with Gasteiger partial charge in [-0.25, -0.2) is 9.97 Å². The summed E-state index contributed by atoms with van der Waals surface area (Å²) in [6.07, 6.45) is 9.65. The Morgan fingerprint density at radius 2 is 2.04 bits per heavy atom. The van der Waals surface area contributed by atoms with E-state index in [4.69, 9.17) is 9.97 Å². The summed E-state index contributed by atoms with van der Waals surface area (Å²) in [5.74, 6) is 0.845. The fourth-order valence-electron chi connectivity index (χ4n) is 4.21. The van der Waals surface area contributed by atoms with Crippen molar-refractivity contribution in [3.8, 4) is 22.4 Å². The number of thiophene rings is 1. The van der Waals surface area contributed by atoms with E-state index in [9.17, 15) is 0 Å². The van der Waals surface area contributed by atoms with Crippen LogP contribution in [0.25, 0.3) is 22.4 Å². The second-order valence-corrected chi connectivity index (χ2v) is 8.10. The number of hydrogen-bond acceptors (Lipinski definition) is 6. The van der Waals surface area contributed by atoms with Gasteiger partial charge in [-0.05, 0) is 53.9 Å². The number of aromatic nitrogens is 3. The summed E-state index contributed by atoms with van der Waals surface area (Å²) in [6, 6.07) is 6.82. The minimum absolute atomic E-state index is 0.648. The predicted molar refractivity (Wildman–Crippen MR) is 110 cm³/mol. The summed E-state index contributed by atoms with van der Waals surface area (Å²) in [5.41, 5.74) is 4.25. The van der Waals surface area contributed by atoms with E-state index in [1.54, 1.807) is 17.5 Å². The monoisotopic (exact) mass is 377 g/mol. The predicted octanol–water partition coefficient (Wildman–Crippen LogP) is 3.94. The number of hydrogen-bond donors (Lipinski definition) is 0. The molecule has 2 fully saturated rings. The molecule has 5 nitrogen and oxygen atoms in total. The summed E-state index contributed by atoms with van der Waals surface area (Å²) in [7, 11) is 0. The minimum atomic E-state index is 0.648. The van der Waals surface area contributed by atoms with Crippen molar-refractivity contribution in [2.45, 2.75) is 25.3 Å². The van der Waals surface area contributed by atoms with Gasteiger partial charge < -0.3 is 4.90 Å². The van der Waals surface area contributed by atoms with E-state index in [1.165, 1.54) is 31.4 Å². The number of anilines is 1. The lowest BCUT2D eigenvalue weighted by Gasteiger charge is -2.44. The van der Waals surface area contributed by atoms with Gasteiger partial charge >= 0.3 is 0 Å². The normalized spacial score (nSPS) is 20.4. The van der Waals surface area contributed by atoms with Crippen molar-refractivity contribution in [2.24, 2.45) is 0 Å². The van der Waals surface area contributed by atoms with Crippen molar-refractivity contribution in [2.75, 3.05) is 31.1 Å². The zero-order valence-corrected chi connectivity index (χ0v) is 16.1. The summed E-state index contributed by atoms with van der Waals surface area (Å²) in [5, 5.41) is 4.25. The average Bonchev–Trinajstić information content (AvgIpc) is 3.28. The fraction of sp³-hybridized carbons (Fsp3) is 0.381. The Balaban J connectivity index is 1.51. The smallest absolute Gasteiger partial charge is 0.225 e. The first-order valence-corrected chi connectivity index (χ1v) is 10.6. The third-order valence-electron chi connectivity index (χ3n) is 5.66. The molecule has 3 aromatic rings. The maximum atomic E-state index is 5.02. The summed E-state index contributed by atoms with van der Waals surface area (Å²) in [6.45, 7) is 4.39. The van der Waals surface area contributed by atoms with Crippen molar-refractivity contribution in [3.63, 3.8) is 0 Å². The van der Waals surface area contributed by atoms with E-state index in [2.05, 4.69) is 37.7 Å². The molecule has 0 aromatic carbocycles. The fourth-order valence-corrected chi connectivity index (χ4v) is 4.87. The molecule has 0 N–H and O–H groups in total. The quantitative estimate of drug-likeness (QED) is 0.692. The van der Waals surface area contributed by atoms with Crippen LogP contribution in [0, 0.1) is 0 Å². The van der Waals surface area contributed by atoms with Crippen LogP contribution in [0.2, 0.25) is 0 Å². The van der Waals surface area contributed by atoms with E-state index in [-0.39, 0.29) is 0 Å². The Morgan fingerprint density at radius 3 is 2.89 bits per heavy atom. The Kier molecular flexibility index (Phi) is 4.59. The molecule has 2 aliphatic heterocycles. The van der Waals surface area contributed by atoms with Gasteiger partial charge in [0, 0.05) is 55.4 Å². The zero-order chi connectivity index (χ0) is 18.1. The van der Waals surface area contributed by atoms with Crippen LogP contribution in [0.5, 0.6) is 0 Å². The number of fused-ring (bicyclic) bond motifs is 1. The summed E-state index contributed by atoms with van der Waals surface area (Å²) < 4.78 is 0. The second-order valence-electron chi connectivity index (χ2n) is 7.32. The van der Waals surface area contributed by atoms with Gasteiger partial charge in [-0.1, -0.05) is 6.42 Å². The molecular formula is C21H23N5S. The topological polar surface area (TPSA) is 45.2 Å². The Hall–Kier alpha value is -2.31. The van der Waals surface area contributed by atoms with Crippen molar-refractivity contribution in [1.29, 1.82) is 0 Å². The van der Waals surface area contributed by atoms with E-state index >= 15 is 0 Å². The highest BCUT2D eigenvalue weighted by Gasteiger charge is 2.30. The van der Waals surface area contributed by atoms with Gasteiger partial charge in [0.1, 0.15) is 0 Å². The molecule has 0 radical (unpaired) electrons. The molecule has 2 aliphatic rings. The van der Waals surface area contributed by atoms with Gasteiger partial charge in [-0.2, -0.15) is 11.3 Å². The van der Waals surface area contributed by atoms with E-state index in [0.29, 0.717) is 6.04 Å². The summed E-state index contributed by atoms with van der Waals surface area (Å²) in [4.78, 5) is 19.1. The third-order valence-corrected chi connectivity index (χ3v) is 6.35. The van der Waals surface area contributed by atoms with Crippen LogP contribution in [0.15, 0.2) is 47.5 Å².